The number of halogens is 2. The monoisotopic (exact) mass is 660 g/mol. The van der Waals surface area contributed by atoms with Gasteiger partial charge in [-0.15, -0.1) is 0 Å². The minimum absolute atomic E-state index is 0.263. The third-order valence-electron chi connectivity index (χ3n) is 9.80. The number of benzene rings is 8. The second-order valence-corrected chi connectivity index (χ2v) is 12.8. The first kappa shape index (κ1) is 31.9. The first-order valence-corrected chi connectivity index (χ1v) is 17.1. The SMILES string of the molecule is Fc1cccc(-c2ccc(C(c3ccc(-c4ccccc4)cc3)(c3ccc(-c4ccccc4)cc3)c3ccc(-c4cccc(F)c4)cc3)cc2)c1. The van der Waals surface area contributed by atoms with Crippen LogP contribution in [0.2, 0.25) is 0 Å². The Kier molecular flexibility index (Phi) is 8.66. The zero-order chi connectivity index (χ0) is 34.6. The summed E-state index contributed by atoms with van der Waals surface area (Å²) >= 11 is 0. The van der Waals surface area contributed by atoms with E-state index in [0.717, 1.165) is 66.8 Å². The van der Waals surface area contributed by atoms with Gasteiger partial charge in [-0.25, -0.2) is 8.78 Å². The maximum atomic E-state index is 14.3. The Morgan fingerprint density at radius 3 is 0.784 bits per heavy atom. The maximum Gasteiger partial charge on any atom is 0.123 e. The molecule has 0 fully saturated rings. The standard InChI is InChI=1S/C49H34F2/c50-47-15-7-13-41(33-47)39-21-29-45(30-22-39)49(43-25-17-37(18-26-43)35-9-3-1-4-10-35,44-27-19-38(20-28-44)36-11-5-2-6-12-36)46-31-23-40(24-32-46)42-14-8-16-48(51)34-42/h1-34H. The van der Waals surface area contributed by atoms with Crippen molar-refractivity contribution in [1.29, 1.82) is 0 Å². The molecule has 0 saturated heterocycles. The third-order valence-corrected chi connectivity index (χ3v) is 9.80. The van der Waals surface area contributed by atoms with Crippen molar-refractivity contribution < 1.29 is 8.78 Å². The first-order valence-electron chi connectivity index (χ1n) is 17.1. The summed E-state index contributed by atoms with van der Waals surface area (Å²) in [7, 11) is 0. The lowest BCUT2D eigenvalue weighted by atomic mass is 9.64. The second kappa shape index (κ2) is 13.9. The molecule has 0 saturated carbocycles. The lowest BCUT2D eigenvalue weighted by molar-refractivity contribution is 0.628. The summed E-state index contributed by atoms with van der Waals surface area (Å²) in [6, 6.07) is 68.9. The Balaban J connectivity index is 1.35. The second-order valence-electron chi connectivity index (χ2n) is 12.8. The Labute approximate surface area is 298 Å². The average molecular weight is 661 g/mol. The van der Waals surface area contributed by atoms with Gasteiger partial charge in [-0.1, -0.05) is 182 Å². The highest BCUT2D eigenvalue weighted by atomic mass is 19.1. The molecule has 0 nitrogen and oxygen atoms in total. The van der Waals surface area contributed by atoms with Gasteiger partial charge in [0.1, 0.15) is 11.6 Å². The van der Waals surface area contributed by atoms with Crippen LogP contribution in [0.4, 0.5) is 8.78 Å². The van der Waals surface area contributed by atoms with Crippen LogP contribution in [-0.4, -0.2) is 0 Å². The third kappa shape index (κ3) is 6.29. The van der Waals surface area contributed by atoms with E-state index >= 15 is 0 Å². The summed E-state index contributed by atoms with van der Waals surface area (Å²) in [6.07, 6.45) is 0. The van der Waals surface area contributed by atoms with Crippen molar-refractivity contribution in [3.05, 3.63) is 240 Å². The van der Waals surface area contributed by atoms with Gasteiger partial charge in [0.25, 0.3) is 0 Å². The van der Waals surface area contributed by atoms with Crippen molar-refractivity contribution in [3.8, 4) is 44.5 Å². The highest BCUT2D eigenvalue weighted by molar-refractivity contribution is 5.72. The summed E-state index contributed by atoms with van der Waals surface area (Å²) in [5.74, 6) is -0.525. The topological polar surface area (TPSA) is 0 Å². The van der Waals surface area contributed by atoms with E-state index in [1.165, 1.54) is 12.1 Å². The maximum absolute atomic E-state index is 14.3. The summed E-state index contributed by atoms with van der Waals surface area (Å²) < 4.78 is 28.5. The first-order chi connectivity index (χ1) is 25.1. The molecule has 0 N–H and O–H groups in total. The normalized spacial score (nSPS) is 11.3. The van der Waals surface area contributed by atoms with Gasteiger partial charge >= 0.3 is 0 Å². The summed E-state index contributed by atoms with van der Waals surface area (Å²) in [5.41, 5.74) is 11.7. The molecule has 2 heteroatoms. The van der Waals surface area contributed by atoms with Crippen molar-refractivity contribution in [3.63, 3.8) is 0 Å². The lowest BCUT2D eigenvalue weighted by Crippen LogP contribution is -2.31. The molecule has 0 spiro atoms. The molecule has 0 aliphatic rings. The van der Waals surface area contributed by atoms with E-state index in [2.05, 4.69) is 146 Å². The molecule has 0 aliphatic heterocycles. The van der Waals surface area contributed by atoms with Crippen molar-refractivity contribution in [2.24, 2.45) is 0 Å². The zero-order valence-corrected chi connectivity index (χ0v) is 27.9. The number of rotatable bonds is 8. The largest absolute Gasteiger partial charge is 0.207 e. The minimum Gasteiger partial charge on any atom is -0.207 e. The Morgan fingerprint density at radius 1 is 0.235 bits per heavy atom. The van der Waals surface area contributed by atoms with E-state index in [4.69, 9.17) is 0 Å². The average Bonchev–Trinajstić information content (AvgIpc) is 3.20. The van der Waals surface area contributed by atoms with Crippen LogP contribution in [0.1, 0.15) is 22.3 Å². The summed E-state index contributed by atoms with van der Waals surface area (Å²) in [5, 5.41) is 0. The quantitative estimate of drug-likeness (QED) is 0.142. The van der Waals surface area contributed by atoms with Crippen LogP contribution >= 0.6 is 0 Å². The highest BCUT2D eigenvalue weighted by Gasteiger charge is 2.38. The van der Waals surface area contributed by atoms with Gasteiger partial charge in [0, 0.05) is 0 Å². The molecule has 8 aromatic carbocycles. The molecule has 0 aliphatic carbocycles. The van der Waals surface area contributed by atoms with Gasteiger partial charge in [0.15, 0.2) is 0 Å². The van der Waals surface area contributed by atoms with Crippen molar-refractivity contribution in [1.82, 2.24) is 0 Å². The van der Waals surface area contributed by atoms with Gasteiger partial charge in [-0.2, -0.15) is 0 Å². The van der Waals surface area contributed by atoms with E-state index in [1.807, 2.05) is 24.3 Å². The molecule has 0 heterocycles. The molecule has 0 unspecified atom stereocenters. The molecule has 244 valence electrons. The van der Waals surface area contributed by atoms with Crippen LogP contribution in [0.3, 0.4) is 0 Å². The summed E-state index contributed by atoms with van der Waals surface area (Å²) in [4.78, 5) is 0. The number of hydrogen-bond donors (Lipinski definition) is 0. The van der Waals surface area contributed by atoms with Gasteiger partial charge in [-0.3, -0.25) is 0 Å². The van der Waals surface area contributed by atoms with Crippen LogP contribution in [0.5, 0.6) is 0 Å². The van der Waals surface area contributed by atoms with Gasteiger partial charge in [0.05, 0.1) is 5.41 Å². The highest BCUT2D eigenvalue weighted by Crippen LogP contribution is 2.47. The smallest absolute Gasteiger partial charge is 0.123 e. The fourth-order valence-corrected chi connectivity index (χ4v) is 7.25. The van der Waals surface area contributed by atoms with Crippen LogP contribution in [0, 0.1) is 11.6 Å². The molecule has 0 radical (unpaired) electrons. The predicted molar refractivity (Wildman–Crippen MR) is 206 cm³/mol. The molecule has 8 rings (SSSR count). The molecule has 51 heavy (non-hydrogen) atoms. The van der Waals surface area contributed by atoms with Gasteiger partial charge in [0.2, 0.25) is 0 Å². The van der Waals surface area contributed by atoms with Crippen LogP contribution in [-0.2, 0) is 5.41 Å². The molecular formula is C49H34F2. The molecule has 0 bridgehead atoms. The molecular weight excluding hydrogens is 627 g/mol. The van der Waals surface area contributed by atoms with E-state index in [0.29, 0.717) is 0 Å². The van der Waals surface area contributed by atoms with E-state index in [9.17, 15) is 8.78 Å². The van der Waals surface area contributed by atoms with Crippen molar-refractivity contribution >= 4 is 0 Å². The van der Waals surface area contributed by atoms with Crippen molar-refractivity contribution in [2.45, 2.75) is 5.41 Å². The van der Waals surface area contributed by atoms with Crippen LogP contribution in [0.15, 0.2) is 206 Å². The zero-order valence-electron chi connectivity index (χ0n) is 27.9. The van der Waals surface area contributed by atoms with Gasteiger partial charge in [-0.05, 0) is 91.0 Å². The Bertz CT molecular complexity index is 2200. The van der Waals surface area contributed by atoms with E-state index < -0.39 is 5.41 Å². The Hall–Kier alpha value is -6.38. The molecule has 8 aromatic rings. The van der Waals surface area contributed by atoms with Crippen LogP contribution < -0.4 is 0 Å². The molecule has 0 amide bonds. The Morgan fingerprint density at radius 2 is 0.490 bits per heavy atom. The number of hydrogen-bond acceptors (Lipinski definition) is 0. The summed E-state index contributed by atoms with van der Waals surface area (Å²) in [6.45, 7) is 0. The van der Waals surface area contributed by atoms with Crippen LogP contribution in [0.25, 0.3) is 44.5 Å². The fraction of sp³-hybridized carbons (Fsp3) is 0.0204. The molecule has 0 atom stereocenters. The lowest BCUT2D eigenvalue weighted by Gasteiger charge is -2.37. The molecule has 0 aromatic heterocycles. The van der Waals surface area contributed by atoms with E-state index in [-0.39, 0.29) is 11.6 Å². The van der Waals surface area contributed by atoms with Crippen molar-refractivity contribution in [2.75, 3.05) is 0 Å². The van der Waals surface area contributed by atoms with Gasteiger partial charge < -0.3 is 0 Å². The minimum atomic E-state index is -0.731. The predicted octanol–water partition coefficient (Wildman–Crippen LogP) is 13.0. The fourth-order valence-electron chi connectivity index (χ4n) is 7.25. The van der Waals surface area contributed by atoms with E-state index in [1.54, 1.807) is 24.3 Å².